The number of nitrogens with one attached hydrogen (secondary N) is 2. The van der Waals surface area contributed by atoms with Crippen LogP contribution >= 0.6 is 11.6 Å². The number of hydrogen-bond acceptors (Lipinski definition) is 2. The summed E-state index contributed by atoms with van der Waals surface area (Å²) in [5, 5.41) is 3.91. The first-order chi connectivity index (χ1) is 11.0. The number of hydrogen-bond donors (Lipinski definition) is 2. The van der Waals surface area contributed by atoms with Crippen LogP contribution in [0.3, 0.4) is 0 Å². The van der Waals surface area contributed by atoms with Gasteiger partial charge in [0.15, 0.2) is 0 Å². The van der Waals surface area contributed by atoms with Crippen molar-refractivity contribution in [3.8, 4) is 0 Å². The lowest BCUT2D eigenvalue weighted by Crippen LogP contribution is -2.30. The molecule has 1 amide bonds. The van der Waals surface area contributed by atoms with Gasteiger partial charge >= 0.3 is 0 Å². The van der Waals surface area contributed by atoms with Crippen LogP contribution in [-0.4, -0.2) is 16.7 Å². The molecule has 2 aromatic carbocycles. The fourth-order valence-corrected chi connectivity index (χ4v) is 2.55. The van der Waals surface area contributed by atoms with E-state index in [0.29, 0.717) is 22.5 Å². The largest absolute Gasteiger partial charge is 0.360 e. The summed E-state index contributed by atoms with van der Waals surface area (Å²) >= 11 is 5.91. The number of carbonyl (C=O) groups is 2. The predicted octanol–water partition coefficient (Wildman–Crippen LogP) is 3.63. The summed E-state index contributed by atoms with van der Waals surface area (Å²) in [5.74, 6) is -1.19. The SMILES string of the molecule is Cc1ccc(CNC(=O)C(=O)c2c[nH]c3cc(Cl)ccc23)cc1. The first-order valence-electron chi connectivity index (χ1n) is 7.19. The van der Waals surface area contributed by atoms with Crippen molar-refractivity contribution >= 4 is 34.2 Å². The molecule has 1 aromatic heterocycles. The van der Waals surface area contributed by atoms with Gasteiger partial charge < -0.3 is 10.3 Å². The third-order valence-electron chi connectivity index (χ3n) is 3.67. The van der Waals surface area contributed by atoms with Crippen LogP contribution < -0.4 is 5.32 Å². The second-order valence-corrected chi connectivity index (χ2v) is 5.83. The van der Waals surface area contributed by atoms with Crippen molar-refractivity contribution in [3.05, 3.63) is 70.4 Å². The molecule has 4 nitrogen and oxygen atoms in total. The second kappa shape index (κ2) is 6.26. The average Bonchev–Trinajstić information content (AvgIpc) is 2.96. The number of amides is 1. The lowest BCUT2D eigenvalue weighted by Gasteiger charge is -2.05. The fraction of sp³-hybridized carbons (Fsp3) is 0.111. The molecule has 0 spiro atoms. The number of halogens is 1. The standard InChI is InChI=1S/C18H15ClN2O2/c1-11-2-4-12(5-3-11)9-21-18(23)17(22)15-10-20-16-8-13(19)6-7-14(15)16/h2-8,10,20H,9H2,1H3,(H,21,23). The van der Waals surface area contributed by atoms with E-state index in [4.69, 9.17) is 11.6 Å². The van der Waals surface area contributed by atoms with Crippen LogP contribution in [0.5, 0.6) is 0 Å². The Morgan fingerprint density at radius 3 is 2.61 bits per heavy atom. The highest BCUT2D eigenvalue weighted by Crippen LogP contribution is 2.22. The van der Waals surface area contributed by atoms with E-state index >= 15 is 0 Å². The van der Waals surface area contributed by atoms with Gasteiger partial charge in [-0.15, -0.1) is 0 Å². The minimum absolute atomic E-state index is 0.318. The highest BCUT2D eigenvalue weighted by molar-refractivity contribution is 6.45. The minimum atomic E-state index is -0.624. The molecule has 0 radical (unpaired) electrons. The zero-order valence-electron chi connectivity index (χ0n) is 12.5. The predicted molar refractivity (Wildman–Crippen MR) is 90.7 cm³/mol. The summed E-state index contributed by atoms with van der Waals surface area (Å²) < 4.78 is 0. The first kappa shape index (κ1) is 15.3. The van der Waals surface area contributed by atoms with Gasteiger partial charge in [-0.05, 0) is 24.6 Å². The number of ketones is 1. The van der Waals surface area contributed by atoms with Gasteiger partial charge in [-0.2, -0.15) is 0 Å². The van der Waals surface area contributed by atoms with E-state index in [1.165, 1.54) is 6.20 Å². The highest BCUT2D eigenvalue weighted by Gasteiger charge is 2.19. The van der Waals surface area contributed by atoms with Gasteiger partial charge in [-0.25, -0.2) is 0 Å². The van der Waals surface area contributed by atoms with Crippen molar-refractivity contribution in [2.75, 3.05) is 0 Å². The number of aromatic amines is 1. The Balaban J connectivity index is 1.73. The molecule has 0 aliphatic carbocycles. The number of carbonyl (C=O) groups excluding carboxylic acids is 2. The van der Waals surface area contributed by atoms with Crippen molar-refractivity contribution in [1.82, 2.24) is 10.3 Å². The molecule has 0 saturated carbocycles. The van der Waals surface area contributed by atoms with E-state index in [9.17, 15) is 9.59 Å². The lowest BCUT2D eigenvalue weighted by molar-refractivity contribution is -0.117. The molecule has 5 heteroatoms. The molecular weight excluding hydrogens is 312 g/mol. The summed E-state index contributed by atoms with van der Waals surface area (Å²) in [5.41, 5.74) is 3.17. The van der Waals surface area contributed by atoms with E-state index in [-0.39, 0.29) is 0 Å². The molecule has 0 saturated heterocycles. The molecule has 23 heavy (non-hydrogen) atoms. The molecule has 0 fully saturated rings. The van der Waals surface area contributed by atoms with Crippen molar-refractivity contribution in [1.29, 1.82) is 0 Å². The van der Waals surface area contributed by atoms with E-state index in [1.54, 1.807) is 18.2 Å². The monoisotopic (exact) mass is 326 g/mol. The Morgan fingerprint density at radius 2 is 1.87 bits per heavy atom. The Morgan fingerprint density at radius 1 is 1.13 bits per heavy atom. The molecule has 2 N–H and O–H groups in total. The molecule has 0 atom stereocenters. The maximum Gasteiger partial charge on any atom is 0.292 e. The van der Waals surface area contributed by atoms with E-state index < -0.39 is 11.7 Å². The Labute approximate surface area is 138 Å². The quantitative estimate of drug-likeness (QED) is 0.568. The van der Waals surface area contributed by atoms with Crippen molar-refractivity contribution in [2.45, 2.75) is 13.5 Å². The normalized spacial score (nSPS) is 10.7. The second-order valence-electron chi connectivity index (χ2n) is 5.39. The third kappa shape index (κ3) is 3.27. The van der Waals surface area contributed by atoms with Gasteiger partial charge in [0.25, 0.3) is 11.7 Å². The van der Waals surface area contributed by atoms with Gasteiger partial charge in [-0.3, -0.25) is 9.59 Å². The lowest BCUT2D eigenvalue weighted by atomic mass is 10.1. The smallest absolute Gasteiger partial charge is 0.292 e. The molecule has 116 valence electrons. The number of aromatic nitrogens is 1. The summed E-state index contributed by atoms with van der Waals surface area (Å²) in [6, 6.07) is 12.9. The van der Waals surface area contributed by atoms with Gasteiger partial charge in [0.05, 0.1) is 5.56 Å². The number of benzene rings is 2. The van der Waals surface area contributed by atoms with Crippen LogP contribution in [0.2, 0.25) is 5.02 Å². The van der Waals surface area contributed by atoms with E-state index in [2.05, 4.69) is 10.3 Å². The molecule has 0 aliphatic heterocycles. The van der Waals surface area contributed by atoms with Crippen LogP contribution in [0.15, 0.2) is 48.7 Å². The Hall–Kier alpha value is -2.59. The Bertz CT molecular complexity index is 882. The zero-order chi connectivity index (χ0) is 16.4. The molecular formula is C18H15ClN2O2. The zero-order valence-corrected chi connectivity index (χ0v) is 13.3. The topological polar surface area (TPSA) is 62.0 Å². The highest BCUT2D eigenvalue weighted by atomic mass is 35.5. The van der Waals surface area contributed by atoms with Crippen molar-refractivity contribution in [3.63, 3.8) is 0 Å². The molecule has 0 bridgehead atoms. The van der Waals surface area contributed by atoms with Gasteiger partial charge in [0.1, 0.15) is 0 Å². The summed E-state index contributed by atoms with van der Waals surface area (Å²) in [7, 11) is 0. The van der Waals surface area contributed by atoms with E-state index in [1.807, 2.05) is 31.2 Å². The van der Waals surface area contributed by atoms with Crippen LogP contribution in [0.25, 0.3) is 10.9 Å². The van der Waals surface area contributed by atoms with Gasteiger partial charge in [-0.1, -0.05) is 47.5 Å². The van der Waals surface area contributed by atoms with Crippen LogP contribution in [0.4, 0.5) is 0 Å². The van der Waals surface area contributed by atoms with Crippen LogP contribution in [0.1, 0.15) is 21.5 Å². The first-order valence-corrected chi connectivity index (χ1v) is 7.57. The minimum Gasteiger partial charge on any atom is -0.360 e. The van der Waals surface area contributed by atoms with Crippen LogP contribution in [-0.2, 0) is 11.3 Å². The maximum absolute atomic E-state index is 12.3. The maximum atomic E-state index is 12.3. The molecule has 3 rings (SSSR count). The molecule has 3 aromatic rings. The summed E-state index contributed by atoms with van der Waals surface area (Å²) in [6.07, 6.45) is 1.54. The fourth-order valence-electron chi connectivity index (χ4n) is 2.38. The average molecular weight is 327 g/mol. The van der Waals surface area contributed by atoms with Crippen LogP contribution in [0, 0.1) is 6.92 Å². The number of Topliss-reactive ketones (excluding diaryl/α,β-unsaturated/α-hetero) is 1. The molecule has 0 aliphatic rings. The van der Waals surface area contributed by atoms with Crippen molar-refractivity contribution < 1.29 is 9.59 Å². The number of aryl methyl sites for hydroxylation is 1. The van der Waals surface area contributed by atoms with Gasteiger partial charge in [0.2, 0.25) is 0 Å². The summed E-state index contributed by atoms with van der Waals surface area (Å²) in [4.78, 5) is 27.4. The van der Waals surface area contributed by atoms with Crippen molar-refractivity contribution in [2.24, 2.45) is 0 Å². The number of rotatable bonds is 4. The molecule has 1 heterocycles. The summed E-state index contributed by atoms with van der Waals surface area (Å²) in [6.45, 7) is 2.31. The van der Waals surface area contributed by atoms with Gasteiger partial charge in [0, 0.05) is 28.7 Å². The van der Waals surface area contributed by atoms with E-state index in [0.717, 1.165) is 16.6 Å². The third-order valence-corrected chi connectivity index (χ3v) is 3.90. The Kier molecular flexibility index (Phi) is 4.17. The number of fused-ring (bicyclic) bond motifs is 1. The molecule has 0 unspecified atom stereocenters. The number of H-pyrrole nitrogens is 1.